The van der Waals surface area contributed by atoms with Gasteiger partial charge in [-0.3, -0.25) is 0 Å². The Labute approximate surface area is 151 Å². The zero-order valence-corrected chi connectivity index (χ0v) is 14.2. The van der Waals surface area contributed by atoms with Crippen molar-refractivity contribution in [2.75, 3.05) is 31.2 Å². The number of anilines is 1. The van der Waals surface area contributed by atoms with Crippen LogP contribution in [0.25, 0.3) is 11.4 Å². The minimum Gasteiger partial charge on any atom is -0.504 e. The molecule has 0 atom stereocenters. The predicted octanol–water partition coefficient (Wildman–Crippen LogP) is 3.48. The maximum absolute atomic E-state index is 10.8. The third-order valence-electron chi connectivity index (χ3n) is 4.21. The fourth-order valence-corrected chi connectivity index (χ4v) is 2.90. The zero-order valence-electron chi connectivity index (χ0n) is 14.2. The number of ether oxygens (including phenoxy) is 2. The van der Waals surface area contributed by atoms with Crippen molar-refractivity contribution in [3.63, 3.8) is 0 Å². The van der Waals surface area contributed by atoms with Crippen LogP contribution in [0.4, 0.5) is 5.69 Å². The highest BCUT2D eigenvalue weighted by Gasteiger charge is 2.19. The van der Waals surface area contributed by atoms with Gasteiger partial charge in [-0.2, -0.15) is 0 Å². The highest BCUT2D eigenvalue weighted by Crippen LogP contribution is 2.41. The van der Waals surface area contributed by atoms with Crippen LogP contribution in [0.1, 0.15) is 0 Å². The van der Waals surface area contributed by atoms with Crippen LogP contribution in [0.5, 0.6) is 17.2 Å². The Kier molecular flexibility index (Phi) is 4.66. The second-order valence-corrected chi connectivity index (χ2v) is 5.93. The van der Waals surface area contributed by atoms with Crippen LogP contribution >= 0.6 is 0 Å². The van der Waals surface area contributed by atoms with Crippen LogP contribution in [-0.4, -0.2) is 41.4 Å². The van der Waals surface area contributed by atoms with Crippen LogP contribution < -0.4 is 9.64 Å². The van der Waals surface area contributed by atoms with Gasteiger partial charge < -0.3 is 19.5 Å². The molecule has 1 aromatic heterocycles. The average Bonchev–Trinajstić information content (AvgIpc) is 2.71. The van der Waals surface area contributed by atoms with Gasteiger partial charge in [-0.05, 0) is 24.3 Å². The molecule has 0 saturated carbocycles. The summed E-state index contributed by atoms with van der Waals surface area (Å²) in [6.45, 7) is 2.91. The number of benzene rings is 2. The van der Waals surface area contributed by atoms with Crippen molar-refractivity contribution in [2.24, 2.45) is 0 Å². The largest absolute Gasteiger partial charge is 0.504 e. The van der Waals surface area contributed by atoms with E-state index >= 15 is 0 Å². The number of para-hydroxylation sites is 1. The van der Waals surface area contributed by atoms with Gasteiger partial charge in [-0.1, -0.05) is 18.2 Å². The fraction of sp³-hybridized carbons (Fsp3) is 0.200. The van der Waals surface area contributed by atoms with Gasteiger partial charge in [-0.15, -0.1) is 0 Å². The second kappa shape index (κ2) is 7.41. The summed E-state index contributed by atoms with van der Waals surface area (Å²) in [6.07, 6.45) is 3.31. The monoisotopic (exact) mass is 349 g/mol. The standard InChI is InChI=1S/C20H19N3O3/c24-19-17(20-21-7-4-8-22-20)13-15(23-9-11-25-12-10-23)14-18(19)26-16-5-2-1-3-6-16/h1-8,13-14,24H,9-12H2. The van der Waals surface area contributed by atoms with E-state index in [-0.39, 0.29) is 5.75 Å². The predicted molar refractivity (Wildman–Crippen MR) is 98.7 cm³/mol. The number of aromatic nitrogens is 2. The van der Waals surface area contributed by atoms with E-state index in [0.717, 1.165) is 18.8 Å². The smallest absolute Gasteiger partial charge is 0.171 e. The number of nitrogens with zero attached hydrogens (tertiary/aromatic N) is 3. The highest BCUT2D eigenvalue weighted by molar-refractivity contribution is 5.75. The third kappa shape index (κ3) is 3.45. The minimum absolute atomic E-state index is 0.0251. The molecule has 0 bridgehead atoms. The number of rotatable bonds is 4. The van der Waals surface area contributed by atoms with Crippen molar-refractivity contribution in [1.82, 2.24) is 9.97 Å². The van der Waals surface area contributed by atoms with Gasteiger partial charge in [-0.25, -0.2) is 9.97 Å². The Morgan fingerprint density at radius 1 is 0.962 bits per heavy atom. The third-order valence-corrected chi connectivity index (χ3v) is 4.21. The lowest BCUT2D eigenvalue weighted by atomic mass is 10.1. The SMILES string of the molecule is Oc1c(Oc2ccccc2)cc(N2CCOCC2)cc1-c1ncccn1. The number of phenolic OH excluding ortho intramolecular Hbond substituents is 1. The molecule has 3 aromatic rings. The normalized spacial score (nSPS) is 14.2. The van der Waals surface area contributed by atoms with E-state index in [9.17, 15) is 5.11 Å². The quantitative estimate of drug-likeness (QED) is 0.778. The van der Waals surface area contributed by atoms with Gasteiger partial charge in [0.25, 0.3) is 0 Å². The summed E-state index contributed by atoms with van der Waals surface area (Å²) < 4.78 is 11.4. The number of aromatic hydroxyl groups is 1. The first kappa shape index (κ1) is 16.4. The summed E-state index contributed by atoms with van der Waals surface area (Å²) in [5.74, 6) is 1.51. The Hall–Kier alpha value is -3.12. The lowest BCUT2D eigenvalue weighted by Gasteiger charge is -2.29. The van der Waals surface area contributed by atoms with Crippen LogP contribution in [0.15, 0.2) is 60.9 Å². The topological polar surface area (TPSA) is 67.7 Å². The van der Waals surface area contributed by atoms with E-state index in [0.29, 0.717) is 36.1 Å². The molecule has 0 amide bonds. The fourth-order valence-electron chi connectivity index (χ4n) is 2.90. The molecular weight excluding hydrogens is 330 g/mol. The highest BCUT2D eigenvalue weighted by atomic mass is 16.5. The molecule has 1 fully saturated rings. The lowest BCUT2D eigenvalue weighted by Crippen LogP contribution is -2.36. The van der Waals surface area contributed by atoms with Gasteiger partial charge in [0, 0.05) is 37.2 Å². The molecule has 132 valence electrons. The van der Waals surface area contributed by atoms with Crippen molar-refractivity contribution < 1.29 is 14.6 Å². The van der Waals surface area contributed by atoms with Crippen molar-refractivity contribution in [1.29, 1.82) is 0 Å². The second-order valence-electron chi connectivity index (χ2n) is 5.93. The number of hydrogen-bond donors (Lipinski definition) is 1. The Morgan fingerprint density at radius 2 is 1.69 bits per heavy atom. The molecule has 0 unspecified atom stereocenters. The molecule has 2 aromatic carbocycles. The van der Waals surface area contributed by atoms with Gasteiger partial charge in [0.2, 0.25) is 0 Å². The van der Waals surface area contributed by atoms with Gasteiger partial charge in [0.1, 0.15) is 5.75 Å². The molecule has 1 saturated heterocycles. The molecule has 6 nitrogen and oxygen atoms in total. The Bertz CT molecular complexity index is 866. The van der Waals surface area contributed by atoms with Gasteiger partial charge in [0.05, 0.1) is 18.8 Å². The number of hydrogen-bond acceptors (Lipinski definition) is 6. The van der Waals surface area contributed by atoms with Crippen LogP contribution in [0, 0.1) is 0 Å². The van der Waals surface area contributed by atoms with Crippen molar-refractivity contribution >= 4 is 5.69 Å². The summed E-state index contributed by atoms with van der Waals surface area (Å²) in [6, 6.07) is 14.9. The Morgan fingerprint density at radius 3 is 2.42 bits per heavy atom. The van der Waals surface area contributed by atoms with Crippen molar-refractivity contribution in [3.05, 3.63) is 60.9 Å². The molecule has 6 heteroatoms. The molecule has 1 aliphatic rings. The average molecular weight is 349 g/mol. The molecule has 0 aliphatic carbocycles. The number of morpholine rings is 1. The van der Waals surface area contributed by atoms with E-state index < -0.39 is 0 Å². The van der Waals surface area contributed by atoms with Crippen molar-refractivity contribution in [2.45, 2.75) is 0 Å². The molecule has 4 rings (SSSR count). The molecule has 2 heterocycles. The van der Waals surface area contributed by atoms with Crippen LogP contribution in [0.3, 0.4) is 0 Å². The summed E-state index contributed by atoms with van der Waals surface area (Å²) in [4.78, 5) is 10.8. The molecule has 1 aliphatic heterocycles. The van der Waals surface area contributed by atoms with Gasteiger partial charge in [0.15, 0.2) is 17.3 Å². The molecule has 1 N–H and O–H groups in total. The summed E-state index contributed by atoms with van der Waals surface area (Å²) >= 11 is 0. The van der Waals surface area contributed by atoms with Crippen LogP contribution in [-0.2, 0) is 4.74 Å². The summed E-state index contributed by atoms with van der Waals surface area (Å²) in [5, 5.41) is 10.8. The summed E-state index contributed by atoms with van der Waals surface area (Å²) in [7, 11) is 0. The first-order valence-corrected chi connectivity index (χ1v) is 8.51. The van der Waals surface area contributed by atoms with E-state index in [1.54, 1.807) is 18.5 Å². The van der Waals surface area contributed by atoms with Gasteiger partial charge >= 0.3 is 0 Å². The Balaban J connectivity index is 1.78. The van der Waals surface area contributed by atoms with Crippen LogP contribution in [0.2, 0.25) is 0 Å². The zero-order chi connectivity index (χ0) is 17.8. The first-order valence-electron chi connectivity index (χ1n) is 8.51. The first-order chi connectivity index (χ1) is 12.8. The lowest BCUT2D eigenvalue weighted by molar-refractivity contribution is 0.122. The minimum atomic E-state index is 0.0251. The van der Waals surface area contributed by atoms with Crippen molar-refractivity contribution in [3.8, 4) is 28.6 Å². The maximum atomic E-state index is 10.8. The van der Waals surface area contributed by atoms with E-state index in [1.807, 2.05) is 42.5 Å². The summed E-state index contributed by atoms with van der Waals surface area (Å²) in [5.41, 5.74) is 1.49. The molecule has 0 spiro atoms. The molecule has 26 heavy (non-hydrogen) atoms. The maximum Gasteiger partial charge on any atom is 0.171 e. The van der Waals surface area contributed by atoms with E-state index in [1.165, 1.54) is 0 Å². The van der Waals surface area contributed by atoms with E-state index in [4.69, 9.17) is 9.47 Å². The van der Waals surface area contributed by atoms with E-state index in [2.05, 4.69) is 14.9 Å². The molecular formula is C20H19N3O3. The number of phenols is 1. The molecule has 0 radical (unpaired) electrons.